The lowest BCUT2D eigenvalue weighted by Crippen LogP contribution is -2.19. The van der Waals surface area contributed by atoms with Gasteiger partial charge in [0.15, 0.2) is 0 Å². The summed E-state index contributed by atoms with van der Waals surface area (Å²) in [5, 5.41) is 16.1. The van der Waals surface area contributed by atoms with E-state index in [1.807, 2.05) is 24.0 Å². The number of aryl methyl sites for hydroxylation is 1. The first-order chi connectivity index (χ1) is 8.65. The summed E-state index contributed by atoms with van der Waals surface area (Å²) in [6.45, 7) is 4.01. The van der Waals surface area contributed by atoms with Crippen LogP contribution in [-0.2, 0) is 13.1 Å². The molecule has 6 heteroatoms. The molecule has 0 aliphatic rings. The van der Waals surface area contributed by atoms with Crippen molar-refractivity contribution >= 4 is 5.97 Å². The van der Waals surface area contributed by atoms with E-state index in [9.17, 15) is 4.79 Å². The Kier molecular flexibility index (Phi) is 3.78. The predicted octanol–water partition coefficient (Wildman–Crippen LogP) is 1.27. The van der Waals surface area contributed by atoms with Gasteiger partial charge in [0.1, 0.15) is 12.0 Å². The maximum atomic E-state index is 10.6. The van der Waals surface area contributed by atoms with Gasteiger partial charge in [-0.05, 0) is 18.6 Å². The van der Waals surface area contributed by atoms with Gasteiger partial charge in [-0.3, -0.25) is 4.68 Å². The molecule has 0 amide bonds. The van der Waals surface area contributed by atoms with Crippen molar-refractivity contribution in [3.63, 3.8) is 0 Å². The number of hydrogen-bond acceptors (Lipinski definition) is 4. The highest BCUT2D eigenvalue weighted by molar-refractivity contribution is 5.87. The zero-order chi connectivity index (χ0) is 13.0. The van der Waals surface area contributed by atoms with E-state index >= 15 is 0 Å². The standard InChI is InChI=1S/C12H15N3O3/c1-9-5-14-15(7-9)3-2-13-6-11-4-10(8-18-11)12(16)17/h4-5,7-8,13H,2-3,6H2,1H3,(H,16,17). The molecular weight excluding hydrogens is 234 g/mol. The van der Waals surface area contributed by atoms with Crippen LogP contribution in [0.15, 0.2) is 29.1 Å². The molecule has 0 aliphatic heterocycles. The van der Waals surface area contributed by atoms with Gasteiger partial charge in [0, 0.05) is 12.7 Å². The molecule has 0 aromatic carbocycles. The molecule has 2 rings (SSSR count). The lowest BCUT2D eigenvalue weighted by Gasteiger charge is -2.02. The summed E-state index contributed by atoms with van der Waals surface area (Å²) in [5.41, 5.74) is 1.31. The van der Waals surface area contributed by atoms with E-state index in [0.717, 1.165) is 18.7 Å². The van der Waals surface area contributed by atoms with Gasteiger partial charge in [-0.2, -0.15) is 5.10 Å². The first-order valence-corrected chi connectivity index (χ1v) is 5.65. The second kappa shape index (κ2) is 5.50. The third-order valence-electron chi connectivity index (χ3n) is 2.48. The van der Waals surface area contributed by atoms with E-state index in [1.165, 1.54) is 12.3 Å². The fourth-order valence-corrected chi connectivity index (χ4v) is 1.58. The molecular formula is C12H15N3O3. The summed E-state index contributed by atoms with van der Waals surface area (Å²) in [5.74, 6) is -0.360. The molecule has 0 atom stereocenters. The lowest BCUT2D eigenvalue weighted by molar-refractivity contribution is 0.0696. The van der Waals surface area contributed by atoms with Crippen LogP contribution in [0.5, 0.6) is 0 Å². The molecule has 0 saturated heterocycles. The third kappa shape index (κ3) is 3.21. The number of carboxylic acids is 1. The van der Waals surface area contributed by atoms with Gasteiger partial charge in [0.05, 0.1) is 24.8 Å². The average Bonchev–Trinajstić information content (AvgIpc) is 2.93. The van der Waals surface area contributed by atoms with Gasteiger partial charge >= 0.3 is 5.97 Å². The fourth-order valence-electron chi connectivity index (χ4n) is 1.58. The van der Waals surface area contributed by atoms with Crippen molar-refractivity contribution in [2.24, 2.45) is 0 Å². The zero-order valence-corrected chi connectivity index (χ0v) is 10.1. The van der Waals surface area contributed by atoms with Crippen molar-refractivity contribution in [3.8, 4) is 0 Å². The monoisotopic (exact) mass is 249 g/mol. The van der Waals surface area contributed by atoms with Gasteiger partial charge in [0.25, 0.3) is 0 Å². The van der Waals surface area contributed by atoms with Crippen molar-refractivity contribution in [1.29, 1.82) is 0 Å². The summed E-state index contributed by atoms with van der Waals surface area (Å²) in [6, 6.07) is 1.52. The second-order valence-electron chi connectivity index (χ2n) is 4.06. The topological polar surface area (TPSA) is 80.3 Å². The van der Waals surface area contributed by atoms with E-state index in [2.05, 4.69) is 10.4 Å². The summed E-state index contributed by atoms with van der Waals surface area (Å²) in [7, 11) is 0. The van der Waals surface area contributed by atoms with Gasteiger partial charge in [0.2, 0.25) is 0 Å². The molecule has 2 aromatic heterocycles. The van der Waals surface area contributed by atoms with Gasteiger partial charge in [-0.25, -0.2) is 4.79 Å². The summed E-state index contributed by atoms with van der Waals surface area (Å²) < 4.78 is 6.97. The minimum absolute atomic E-state index is 0.175. The molecule has 96 valence electrons. The van der Waals surface area contributed by atoms with Crippen LogP contribution in [0.3, 0.4) is 0 Å². The molecule has 18 heavy (non-hydrogen) atoms. The minimum Gasteiger partial charge on any atom is -0.478 e. The Morgan fingerprint density at radius 2 is 2.44 bits per heavy atom. The highest BCUT2D eigenvalue weighted by Crippen LogP contribution is 2.07. The Bertz CT molecular complexity index is 530. The van der Waals surface area contributed by atoms with Crippen molar-refractivity contribution in [3.05, 3.63) is 41.6 Å². The molecule has 2 N–H and O–H groups in total. The average molecular weight is 249 g/mol. The first kappa shape index (κ1) is 12.4. The van der Waals surface area contributed by atoms with Gasteiger partial charge < -0.3 is 14.8 Å². The van der Waals surface area contributed by atoms with Crippen LogP contribution in [0.25, 0.3) is 0 Å². The van der Waals surface area contributed by atoms with Crippen molar-refractivity contribution < 1.29 is 14.3 Å². The number of nitrogens with one attached hydrogen (secondary N) is 1. The minimum atomic E-state index is -0.975. The molecule has 2 aromatic rings. The first-order valence-electron chi connectivity index (χ1n) is 5.65. The largest absolute Gasteiger partial charge is 0.478 e. The van der Waals surface area contributed by atoms with E-state index in [-0.39, 0.29) is 5.56 Å². The van der Waals surface area contributed by atoms with Crippen molar-refractivity contribution in [1.82, 2.24) is 15.1 Å². The maximum Gasteiger partial charge on any atom is 0.338 e. The maximum absolute atomic E-state index is 10.6. The summed E-state index contributed by atoms with van der Waals surface area (Å²) >= 11 is 0. The number of furan rings is 1. The number of hydrogen-bond donors (Lipinski definition) is 2. The van der Waals surface area contributed by atoms with Gasteiger partial charge in [-0.1, -0.05) is 0 Å². The SMILES string of the molecule is Cc1cnn(CCNCc2cc(C(=O)O)co2)c1. The smallest absolute Gasteiger partial charge is 0.338 e. The number of carboxylic acid groups (broad SMARTS) is 1. The van der Waals surface area contributed by atoms with E-state index in [0.29, 0.717) is 12.3 Å². The Labute approximate surface area is 104 Å². The van der Waals surface area contributed by atoms with Crippen molar-refractivity contribution in [2.75, 3.05) is 6.54 Å². The molecule has 0 fully saturated rings. The fraction of sp³-hybridized carbons (Fsp3) is 0.333. The number of rotatable bonds is 6. The Balaban J connectivity index is 1.73. The van der Waals surface area contributed by atoms with Crippen LogP contribution < -0.4 is 5.32 Å². The van der Waals surface area contributed by atoms with Gasteiger partial charge in [-0.15, -0.1) is 0 Å². The predicted molar refractivity (Wildman–Crippen MR) is 64.3 cm³/mol. The lowest BCUT2D eigenvalue weighted by atomic mass is 10.3. The molecule has 0 saturated carbocycles. The van der Waals surface area contributed by atoms with Crippen LogP contribution in [0.1, 0.15) is 21.7 Å². The molecule has 0 radical (unpaired) electrons. The number of aromatic carboxylic acids is 1. The van der Waals surface area contributed by atoms with E-state index in [4.69, 9.17) is 9.52 Å². The number of aromatic nitrogens is 2. The summed E-state index contributed by atoms with van der Waals surface area (Å²) in [4.78, 5) is 10.6. The number of nitrogens with zero attached hydrogens (tertiary/aromatic N) is 2. The van der Waals surface area contributed by atoms with Crippen molar-refractivity contribution in [2.45, 2.75) is 20.0 Å². The molecule has 2 heterocycles. The molecule has 0 aliphatic carbocycles. The zero-order valence-electron chi connectivity index (χ0n) is 10.1. The van der Waals surface area contributed by atoms with Crippen LogP contribution >= 0.6 is 0 Å². The highest BCUT2D eigenvalue weighted by Gasteiger charge is 2.07. The van der Waals surface area contributed by atoms with Crippen LogP contribution in [-0.4, -0.2) is 27.4 Å². The second-order valence-corrected chi connectivity index (χ2v) is 4.06. The Morgan fingerprint density at radius 3 is 3.06 bits per heavy atom. The Hall–Kier alpha value is -2.08. The molecule has 0 bridgehead atoms. The molecule has 0 unspecified atom stereocenters. The van der Waals surface area contributed by atoms with Crippen LogP contribution in [0.4, 0.5) is 0 Å². The highest BCUT2D eigenvalue weighted by atomic mass is 16.4. The number of carbonyl (C=O) groups is 1. The molecule has 6 nitrogen and oxygen atoms in total. The van der Waals surface area contributed by atoms with Crippen LogP contribution in [0.2, 0.25) is 0 Å². The van der Waals surface area contributed by atoms with E-state index in [1.54, 1.807) is 0 Å². The summed E-state index contributed by atoms with van der Waals surface area (Å²) in [6.07, 6.45) is 5.03. The van der Waals surface area contributed by atoms with E-state index < -0.39 is 5.97 Å². The quantitative estimate of drug-likeness (QED) is 0.754. The third-order valence-corrected chi connectivity index (χ3v) is 2.48. The normalized spacial score (nSPS) is 10.7. The Morgan fingerprint density at radius 1 is 1.61 bits per heavy atom. The molecule has 0 spiro atoms. The van der Waals surface area contributed by atoms with Crippen LogP contribution in [0, 0.1) is 6.92 Å².